The summed E-state index contributed by atoms with van der Waals surface area (Å²) in [5.74, 6) is 1.14. The number of carbonyl (C=O) groups is 1. The van der Waals surface area contributed by atoms with E-state index in [1.165, 1.54) is 0 Å². The fourth-order valence-electron chi connectivity index (χ4n) is 2.89. The molecule has 2 nitrogen and oxygen atoms in total. The third kappa shape index (κ3) is 2.12. The van der Waals surface area contributed by atoms with Crippen LogP contribution in [0.2, 0.25) is 0 Å². The molecule has 3 atom stereocenters. The molecule has 0 amide bonds. The summed E-state index contributed by atoms with van der Waals surface area (Å²) < 4.78 is 5.39. The summed E-state index contributed by atoms with van der Waals surface area (Å²) >= 11 is 0. The first-order valence-electron chi connectivity index (χ1n) is 6.22. The van der Waals surface area contributed by atoms with Crippen LogP contribution in [0.15, 0.2) is 42.5 Å². The first-order valence-corrected chi connectivity index (χ1v) is 6.22. The van der Waals surface area contributed by atoms with Crippen LogP contribution in [-0.2, 0) is 16.1 Å². The van der Waals surface area contributed by atoms with Gasteiger partial charge >= 0.3 is 5.97 Å². The van der Waals surface area contributed by atoms with Gasteiger partial charge in [0.15, 0.2) is 0 Å². The Morgan fingerprint density at radius 2 is 2.00 bits per heavy atom. The Morgan fingerprint density at radius 1 is 1.18 bits per heavy atom. The summed E-state index contributed by atoms with van der Waals surface area (Å²) in [5, 5.41) is 0. The highest BCUT2D eigenvalue weighted by atomic mass is 16.5. The van der Waals surface area contributed by atoms with Crippen LogP contribution >= 0.6 is 0 Å². The molecule has 1 saturated carbocycles. The SMILES string of the molecule is O=C(OCc1ccccc1)C1CC2C=CC1C2. The van der Waals surface area contributed by atoms with E-state index >= 15 is 0 Å². The van der Waals surface area contributed by atoms with Crippen molar-refractivity contribution in [1.29, 1.82) is 0 Å². The molecule has 2 aliphatic rings. The molecule has 2 bridgehead atoms. The third-order valence-electron chi connectivity index (χ3n) is 3.81. The van der Waals surface area contributed by atoms with E-state index in [1.807, 2.05) is 30.3 Å². The quantitative estimate of drug-likeness (QED) is 0.587. The van der Waals surface area contributed by atoms with Gasteiger partial charge in [0.1, 0.15) is 6.61 Å². The Balaban J connectivity index is 1.56. The lowest BCUT2D eigenvalue weighted by Crippen LogP contribution is -2.21. The molecule has 0 saturated heterocycles. The Hall–Kier alpha value is -1.57. The summed E-state index contributed by atoms with van der Waals surface area (Å²) in [6.07, 6.45) is 6.55. The highest BCUT2D eigenvalue weighted by molar-refractivity contribution is 5.74. The van der Waals surface area contributed by atoms with Gasteiger partial charge in [-0.05, 0) is 30.2 Å². The predicted molar refractivity (Wildman–Crippen MR) is 65.1 cm³/mol. The van der Waals surface area contributed by atoms with Crippen molar-refractivity contribution in [3.63, 3.8) is 0 Å². The number of rotatable bonds is 3. The highest BCUT2D eigenvalue weighted by Gasteiger charge is 2.40. The molecule has 17 heavy (non-hydrogen) atoms. The maximum Gasteiger partial charge on any atom is 0.309 e. The smallest absolute Gasteiger partial charge is 0.309 e. The lowest BCUT2D eigenvalue weighted by Gasteiger charge is -2.16. The van der Waals surface area contributed by atoms with Gasteiger partial charge in [0.2, 0.25) is 0 Å². The van der Waals surface area contributed by atoms with Crippen LogP contribution in [0.4, 0.5) is 0 Å². The van der Waals surface area contributed by atoms with E-state index in [9.17, 15) is 4.79 Å². The second kappa shape index (κ2) is 4.36. The van der Waals surface area contributed by atoms with Crippen LogP contribution in [-0.4, -0.2) is 5.97 Å². The molecule has 2 aliphatic carbocycles. The third-order valence-corrected chi connectivity index (χ3v) is 3.81. The molecule has 0 aliphatic heterocycles. The zero-order valence-corrected chi connectivity index (χ0v) is 9.71. The van der Waals surface area contributed by atoms with Crippen LogP contribution in [0.3, 0.4) is 0 Å². The van der Waals surface area contributed by atoms with Gasteiger partial charge in [-0.2, -0.15) is 0 Å². The lowest BCUT2D eigenvalue weighted by atomic mass is 9.94. The Labute approximate surface area is 101 Å². The summed E-state index contributed by atoms with van der Waals surface area (Å²) in [4.78, 5) is 12.0. The van der Waals surface area contributed by atoms with Gasteiger partial charge in [-0.1, -0.05) is 42.5 Å². The second-order valence-corrected chi connectivity index (χ2v) is 4.98. The molecule has 3 rings (SSSR count). The van der Waals surface area contributed by atoms with E-state index in [2.05, 4.69) is 12.2 Å². The fraction of sp³-hybridized carbons (Fsp3) is 0.400. The Kier molecular flexibility index (Phi) is 2.71. The number of ether oxygens (including phenoxy) is 1. The van der Waals surface area contributed by atoms with Gasteiger partial charge in [-0.3, -0.25) is 4.79 Å². The molecule has 0 aromatic heterocycles. The molecule has 1 aromatic carbocycles. The molecule has 0 N–H and O–H groups in total. The Bertz CT molecular complexity index is 435. The minimum Gasteiger partial charge on any atom is -0.461 e. The van der Waals surface area contributed by atoms with E-state index in [4.69, 9.17) is 4.74 Å². The van der Waals surface area contributed by atoms with Crippen molar-refractivity contribution in [3.05, 3.63) is 48.0 Å². The van der Waals surface area contributed by atoms with Gasteiger partial charge in [0, 0.05) is 0 Å². The van der Waals surface area contributed by atoms with Crippen LogP contribution in [0.25, 0.3) is 0 Å². The first-order chi connectivity index (χ1) is 8.33. The molecule has 2 heteroatoms. The zero-order valence-electron chi connectivity index (χ0n) is 9.71. The molecule has 0 heterocycles. The average molecular weight is 228 g/mol. The molecule has 1 fully saturated rings. The average Bonchev–Trinajstić information content (AvgIpc) is 2.99. The van der Waals surface area contributed by atoms with Crippen LogP contribution in [0.5, 0.6) is 0 Å². The predicted octanol–water partition coefficient (Wildman–Crippen LogP) is 2.94. The largest absolute Gasteiger partial charge is 0.461 e. The van der Waals surface area contributed by atoms with E-state index in [-0.39, 0.29) is 11.9 Å². The number of carbonyl (C=O) groups excluding carboxylic acids is 1. The number of benzene rings is 1. The van der Waals surface area contributed by atoms with Crippen molar-refractivity contribution in [3.8, 4) is 0 Å². The van der Waals surface area contributed by atoms with Gasteiger partial charge in [0.25, 0.3) is 0 Å². The molecule has 0 radical (unpaired) electrons. The minimum atomic E-state index is -0.0225. The molecular weight excluding hydrogens is 212 g/mol. The van der Waals surface area contributed by atoms with Crippen molar-refractivity contribution in [2.45, 2.75) is 19.4 Å². The van der Waals surface area contributed by atoms with Gasteiger partial charge < -0.3 is 4.74 Å². The molecule has 3 unspecified atom stereocenters. The van der Waals surface area contributed by atoms with Gasteiger partial charge in [-0.25, -0.2) is 0 Å². The van der Waals surface area contributed by atoms with Crippen molar-refractivity contribution < 1.29 is 9.53 Å². The van der Waals surface area contributed by atoms with E-state index in [0.717, 1.165) is 18.4 Å². The normalized spacial score (nSPS) is 29.5. The van der Waals surface area contributed by atoms with E-state index in [1.54, 1.807) is 0 Å². The zero-order chi connectivity index (χ0) is 11.7. The lowest BCUT2D eigenvalue weighted by molar-refractivity contribution is -0.150. The molecule has 1 aromatic rings. The van der Waals surface area contributed by atoms with Crippen LogP contribution < -0.4 is 0 Å². The Morgan fingerprint density at radius 3 is 2.65 bits per heavy atom. The summed E-state index contributed by atoms with van der Waals surface area (Å²) in [6.45, 7) is 0.400. The number of fused-ring (bicyclic) bond motifs is 2. The number of hydrogen-bond acceptors (Lipinski definition) is 2. The summed E-state index contributed by atoms with van der Waals surface area (Å²) in [5.41, 5.74) is 1.06. The van der Waals surface area contributed by atoms with Crippen molar-refractivity contribution in [1.82, 2.24) is 0 Å². The van der Waals surface area contributed by atoms with Gasteiger partial charge in [0.05, 0.1) is 5.92 Å². The first kappa shape index (κ1) is 10.6. The van der Waals surface area contributed by atoms with E-state index < -0.39 is 0 Å². The molecule has 88 valence electrons. The molecular formula is C15H16O2. The molecule has 0 spiro atoms. The number of hydrogen-bond donors (Lipinski definition) is 0. The van der Waals surface area contributed by atoms with E-state index in [0.29, 0.717) is 18.4 Å². The van der Waals surface area contributed by atoms with Crippen molar-refractivity contribution in [2.24, 2.45) is 17.8 Å². The van der Waals surface area contributed by atoms with Crippen molar-refractivity contribution >= 4 is 5.97 Å². The standard InChI is InChI=1S/C15H16O2/c16-15(14-9-12-6-7-13(14)8-12)17-10-11-4-2-1-3-5-11/h1-7,12-14H,8-10H2. The summed E-state index contributed by atoms with van der Waals surface area (Å²) in [6, 6.07) is 9.85. The van der Waals surface area contributed by atoms with Crippen molar-refractivity contribution in [2.75, 3.05) is 0 Å². The monoisotopic (exact) mass is 228 g/mol. The summed E-state index contributed by atoms with van der Waals surface area (Å²) in [7, 11) is 0. The maximum atomic E-state index is 12.0. The highest BCUT2D eigenvalue weighted by Crippen LogP contribution is 2.43. The fourth-order valence-corrected chi connectivity index (χ4v) is 2.89. The van der Waals surface area contributed by atoms with Crippen LogP contribution in [0.1, 0.15) is 18.4 Å². The number of esters is 1. The maximum absolute atomic E-state index is 12.0. The second-order valence-electron chi connectivity index (χ2n) is 4.98. The minimum absolute atomic E-state index is 0.0225. The van der Waals surface area contributed by atoms with Crippen LogP contribution in [0, 0.1) is 17.8 Å². The number of allylic oxidation sites excluding steroid dienone is 2. The topological polar surface area (TPSA) is 26.3 Å². The van der Waals surface area contributed by atoms with Gasteiger partial charge in [-0.15, -0.1) is 0 Å².